The molecule has 2 amide bonds. The number of amides is 2. The molecule has 0 saturated carbocycles. The van der Waals surface area contributed by atoms with E-state index in [0.29, 0.717) is 13.1 Å². The Bertz CT molecular complexity index is 742. The first kappa shape index (κ1) is 18.6. The van der Waals surface area contributed by atoms with Gasteiger partial charge in [0.15, 0.2) is 0 Å². The molecule has 8 nitrogen and oxygen atoms in total. The number of piperazine rings is 1. The third-order valence-corrected chi connectivity index (χ3v) is 5.47. The van der Waals surface area contributed by atoms with Crippen molar-refractivity contribution in [3.8, 4) is 0 Å². The fourth-order valence-electron chi connectivity index (χ4n) is 3.81. The van der Waals surface area contributed by atoms with Crippen molar-refractivity contribution in [2.75, 3.05) is 44.2 Å². The van der Waals surface area contributed by atoms with Gasteiger partial charge in [0.1, 0.15) is 0 Å². The van der Waals surface area contributed by atoms with Gasteiger partial charge in [0, 0.05) is 76.6 Å². The third kappa shape index (κ3) is 4.75. The van der Waals surface area contributed by atoms with Crippen LogP contribution in [-0.4, -0.2) is 76.1 Å². The number of likely N-dealkylation sites (tertiary alicyclic amines) is 1. The average molecular weight is 381 g/mol. The van der Waals surface area contributed by atoms with Gasteiger partial charge < -0.3 is 15.1 Å². The van der Waals surface area contributed by atoms with Gasteiger partial charge in [-0.25, -0.2) is 14.8 Å². The predicted molar refractivity (Wildman–Crippen MR) is 107 cm³/mol. The maximum Gasteiger partial charge on any atom is 0.317 e. The molecule has 8 heteroatoms. The van der Waals surface area contributed by atoms with Crippen LogP contribution in [0.2, 0.25) is 0 Å². The van der Waals surface area contributed by atoms with E-state index in [1.165, 1.54) is 5.56 Å². The molecule has 0 aliphatic carbocycles. The monoisotopic (exact) mass is 381 g/mol. The number of anilines is 1. The maximum atomic E-state index is 12.6. The van der Waals surface area contributed by atoms with Gasteiger partial charge >= 0.3 is 6.03 Å². The summed E-state index contributed by atoms with van der Waals surface area (Å²) in [6.07, 6.45) is 9.17. The lowest BCUT2D eigenvalue weighted by atomic mass is 10.0. The van der Waals surface area contributed by atoms with Gasteiger partial charge in [-0.05, 0) is 36.6 Å². The molecule has 2 aromatic heterocycles. The van der Waals surface area contributed by atoms with Crippen molar-refractivity contribution in [3.63, 3.8) is 0 Å². The molecular formula is C20H27N7O. The summed E-state index contributed by atoms with van der Waals surface area (Å²) in [5.74, 6) is 0.740. The van der Waals surface area contributed by atoms with E-state index in [1.807, 2.05) is 23.4 Å². The summed E-state index contributed by atoms with van der Waals surface area (Å²) in [6, 6.07) is 6.26. The Kier molecular flexibility index (Phi) is 5.96. The minimum atomic E-state index is 0.0567. The minimum Gasteiger partial charge on any atom is -0.337 e. The molecule has 0 aromatic carbocycles. The van der Waals surface area contributed by atoms with Crippen molar-refractivity contribution in [2.24, 2.45) is 0 Å². The van der Waals surface area contributed by atoms with E-state index in [-0.39, 0.29) is 12.1 Å². The number of carbonyl (C=O) groups is 1. The highest BCUT2D eigenvalue weighted by molar-refractivity contribution is 5.74. The third-order valence-electron chi connectivity index (χ3n) is 5.47. The molecule has 2 aliphatic heterocycles. The van der Waals surface area contributed by atoms with Crippen LogP contribution < -0.4 is 10.2 Å². The molecule has 2 aliphatic rings. The molecule has 0 atom stereocenters. The summed E-state index contributed by atoms with van der Waals surface area (Å²) in [4.78, 5) is 31.7. The summed E-state index contributed by atoms with van der Waals surface area (Å²) in [7, 11) is 0. The number of hydrogen-bond donors (Lipinski definition) is 1. The van der Waals surface area contributed by atoms with Crippen molar-refractivity contribution in [3.05, 3.63) is 48.5 Å². The number of carbonyl (C=O) groups excluding carboxylic acids is 1. The molecule has 2 fully saturated rings. The van der Waals surface area contributed by atoms with E-state index < -0.39 is 0 Å². The first-order chi connectivity index (χ1) is 13.8. The van der Waals surface area contributed by atoms with Crippen molar-refractivity contribution < 1.29 is 4.79 Å². The van der Waals surface area contributed by atoms with Gasteiger partial charge in [0.05, 0.1) is 0 Å². The van der Waals surface area contributed by atoms with Crippen LogP contribution in [0.3, 0.4) is 0 Å². The quantitative estimate of drug-likeness (QED) is 0.862. The predicted octanol–water partition coefficient (Wildman–Crippen LogP) is 1.37. The smallest absolute Gasteiger partial charge is 0.317 e. The lowest BCUT2D eigenvalue weighted by Gasteiger charge is -2.37. The zero-order valence-corrected chi connectivity index (χ0v) is 16.1. The van der Waals surface area contributed by atoms with Crippen molar-refractivity contribution >= 4 is 12.0 Å². The fourth-order valence-corrected chi connectivity index (χ4v) is 3.81. The second-order valence-corrected chi connectivity index (χ2v) is 7.38. The van der Waals surface area contributed by atoms with Gasteiger partial charge in [0.25, 0.3) is 0 Å². The molecule has 4 rings (SSSR count). The Morgan fingerprint density at radius 2 is 1.64 bits per heavy atom. The number of urea groups is 1. The van der Waals surface area contributed by atoms with Crippen molar-refractivity contribution in [1.82, 2.24) is 30.1 Å². The second-order valence-electron chi connectivity index (χ2n) is 7.38. The van der Waals surface area contributed by atoms with E-state index >= 15 is 0 Å². The Morgan fingerprint density at radius 1 is 0.964 bits per heavy atom. The highest BCUT2D eigenvalue weighted by Crippen LogP contribution is 2.15. The maximum absolute atomic E-state index is 12.6. The summed E-state index contributed by atoms with van der Waals surface area (Å²) < 4.78 is 0. The zero-order chi connectivity index (χ0) is 19.2. The van der Waals surface area contributed by atoms with Crippen LogP contribution in [0.15, 0.2) is 43.0 Å². The number of nitrogens with one attached hydrogen (secondary N) is 1. The first-order valence-electron chi connectivity index (χ1n) is 9.96. The van der Waals surface area contributed by atoms with Crippen LogP contribution in [0.5, 0.6) is 0 Å². The molecule has 0 bridgehead atoms. The standard InChI is InChI=1S/C20H27N7O/c28-20(27-14-12-26(13-15-27)19-22-6-1-7-23-19)24-18-4-10-25(11-5-18)16-17-2-8-21-9-3-17/h1-3,6-9,18H,4-5,10-16H2,(H,24,28). The molecule has 1 N–H and O–H groups in total. The number of rotatable bonds is 4. The number of nitrogens with zero attached hydrogens (tertiary/aromatic N) is 6. The van der Waals surface area contributed by atoms with E-state index in [1.54, 1.807) is 12.4 Å². The minimum absolute atomic E-state index is 0.0567. The highest BCUT2D eigenvalue weighted by Gasteiger charge is 2.26. The molecule has 4 heterocycles. The van der Waals surface area contributed by atoms with Gasteiger partial charge in [-0.15, -0.1) is 0 Å². The fraction of sp³-hybridized carbons (Fsp3) is 0.500. The number of piperidine rings is 1. The zero-order valence-electron chi connectivity index (χ0n) is 16.1. The Hall–Kier alpha value is -2.74. The Labute approximate surface area is 165 Å². The highest BCUT2D eigenvalue weighted by atomic mass is 16.2. The molecule has 0 unspecified atom stereocenters. The average Bonchev–Trinajstić information content (AvgIpc) is 2.76. The summed E-state index contributed by atoms with van der Waals surface area (Å²) in [5, 5.41) is 3.23. The van der Waals surface area contributed by atoms with E-state index in [9.17, 15) is 4.79 Å². The van der Waals surface area contributed by atoms with Crippen molar-refractivity contribution in [1.29, 1.82) is 0 Å². The van der Waals surface area contributed by atoms with E-state index in [0.717, 1.165) is 51.5 Å². The molecule has 2 saturated heterocycles. The molecule has 2 aromatic rings. The second kappa shape index (κ2) is 8.97. The van der Waals surface area contributed by atoms with Crippen LogP contribution >= 0.6 is 0 Å². The summed E-state index contributed by atoms with van der Waals surface area (Å²) in [5.41, 5.74) is 1.29. The Balaban J connectivity index is 1.19. The van der Waals surface area contributed by atoms with Crippen LogP contribution in [0.25, 0.3) is 0 Å². The van der Waals surface area contributed by atoms with Crippen LogP contribution in [0, 0.1) is 0 Å². The van der Waals surface area contributed by atoms with Gasteiger partial charge in [-0.3, -0.25) is 9.88 Å². The van der Waals surface area contributed by atoms with E-state index in [2.05, 4.69) is 42.2 Å². The molecular weight excluding hydrogens is 354 g/mol. The number of hydrogen-bond acceptors (Lipinski definition) is 6. The van der Waals surface area contributed by atoms with Crippen molar-refractivity contribution in [2.45, 2.75) is 25.4 Å². The lowest BCUT2D eigenvalue weighted by molar-refractivity contribution is 0.167. The number of pyridine rings is 1. The summed E-state index contributed by atoms with van der Waals surface area (Å²) >= 11 is 0. The molecule has 148 valence electrons. The summed E-state index contributed by atoms with van der Waals surface area (Å²) in [6.45, 7) is 5.89. The SMILES string of the molecule is O=C(NC1CCN(Cc2ccncc2)CC1)N1CCN(c2ncccn2)CC1. The van der Waals surface area contributed by atoms with Crippen LogP contribution in [0.4, 0.5) is 10.7 Å². The molecule has 0 radical (unpaired) electrons. The number of aromatic nitrogens is 3. The Morgan fingerprint density at radius 3 is 2.32 bits per heavy atom. The van der Waals surface area contributed by atoms with E-state index in [4.69, 9.17) is 0 Å². The van der Waals surface area contributed by atoms with Crippen LogP contribution in [0.1, 0.15) is 18.4 Å². The lowest BCUT2D eigenvalue weighted by Crippen LogP contribution is -2.55. The molecule has 28 heavy (non-hydrogen) atoms. The van der Waals surface area contributed by atoms with Crippen LogP contribution in [-0.2, 0) is 6.54 Å². The normalized spacial score (nSPS) is 18.9. The first-order valence-corrected chi connectivity index (χ1v) is 9.96. The van der Waals surface area contributed by atoms with Gasteiger partial charge in [0.2, 0.25) is 5.95 Å². The molecule has 0 spiro atoms. The topological polar surface area (TPSA) is 77.5 Å². The largest absolute Gasteiger partial charge is 0.337 e. The van der Waals surface area contributed by atoms with Gasteiger partial charge in [-0.2, -0.15) is 0 Å². The van der Waals surface area contributed by atoms with Gasteiger partial charge in [-0.1, -0.05) is 0 Å².